The van der Waals surface area contributed by atoms with E-state index in [9.17, 15) is 4.79 Å². The van der Waals surface area contributed by atoms with Crippen LogP contribution in [0.3, 0.4) is 0 Å². The highest BCUT2D eigenvalue weighted by Gasteiger charge is 2.29. The number of nitrogens with one attached hydrogen (secondary N) is 1. The van der Waals surface area contributed by atoms with E-state index in [0.717, 1.165) is 6.42 Å². The summed E-state index contributed by atoms with van der Waals surface area (Å²) in [6.45, 7) is 4.41. The first-order valence-electron chi connectivity index (χ1n) is 5.81. The molecule has 1 saturated carbocycles. The smallest absolute Gasteiger partial charge is 0.223 e. The summed E-state index contributed by atoms with van der Waals surface area (Å²) in [5, 5.41) is 2.91. The van der Waals surface area contributed by atoms with Crippen molar-refractivity contribution in [2.24, 2.45) is 17.6 Å². The van der Waals surface area contributed by atoms with Crippen LogP contribution < -0.4 is 11.1 Å². The Kier molecular flexibility index (Phi) is 5.65. The summed E-state index contributed by atoms with van der Waals surface area (Å²) >= 11 is 0. The largest absolute Gasteiger partial charge is 0.378 e. The normalized spacial score (nSPS) is 25.5. The molecule has 1 aliphatic rings. The van der Waals surface area contributed by atoms with Gasteiger partial charge in [0.2, 0.25) is 5.91 Å². The Hall–Kier alpha value is -0.610. The van der Waals surface area contributed by atoms with Crippen molar-refractivity contribution in [2.45, 2.75) is 26.2 Å². The third kappa shape index (κ3) is 4.18. The van der Waals surface area contributed by atoms with Crippen molar-refractivity contribution in [2.75, 3.05) is 26.3 Å². The average Bonchev–Trinajstić information content (AvgIpc) is 2.64. The molecule has 0 heterocycles. The first-order valence-corrected chi connectivity index (χ1v) is 5.81. The van der Waals surface area contributed by atoms with Crippen molar-refractivity contribution in [1.82, 2.24) is 5.32 Å². The molecule has 1 fully saturated rings. The van der Waals surface area contributed by atoms with Gasteiger partial charge in [-0.3, -0.25) is 4.79 Å². The molecule has 3 N–H and O–H groups in total. The van der Waals surface area contributed by atoms with Crippen LogP contribution in [0.25, 0.3) is 0 Å². The van der Waals surface area contributed by atoms with E-state index in [1.807, 2.05) is 0 Å². The van der Waals surface area contributed by atoms with Crippen LogP contribution in [-0.2, 0) is 9.53 Å². The van der Waals surface area contributed by atoms with Crippen molar-refractivity contribution in [3.63, 3.8) is 0 Å². The minimum atomic E-state index is 0.191. The van der Waals surface area contributed by atoms with E-state index in [1.165, 1.54) is 12.8 Å². The summed E-state index contributed by atoms with van der Waals surface area (Å²) in [6.07, 6.45) is 3.40. The summed E-state index contributed by atoms with van der Waals surface area (Å²) in [4.78, 5) is 11.7. The van der Waals surface area contributed by atoms with Crippen molar-refractivity contribution >= 4 is 5.91 Å². The minimum absolute atomic E-state index is 0.191. The standard InChI is InChI=1S/C11H22N2O2/c1-9-3-2-4-10(9)11(14)13-6-8-15-7-5-12/h9-10H,2-8,12H2,1H3,(H,13,14). The van der Waals surface area contributed by atoms with Gasteiger partial charge in [-0.15, -0.1) is 0 Å². The number of hydrogen-bond acceptors (Lipinski definition) is 3. The molecule has 4 nitrogen and oxygen atoms in total. The molecule has 0 spiro atoms. The molecule has 1 amide bonds. The Labute approximate surface area is 91.5 Å². The molecule has 0 aromatic heterocycles. The summed E-state index contributed by atoms with van der Waals surface area (Å²) in [5.41, 5.74) is 5.28. The van der Waals surface area contributed by atoms with Crippen LogP contribution in [0, 0.1) is 11.8 Å². The van der Waals surface area contributed by atoms with E-state index in [2.05, 4.69) is 12.2 Å². The molecule has 0 radical (unpaired) electrons. The number of carbonyl (C=O) groups excluding carboxylic acids is 1. The second-order valence-electron chi connectivity index (χ2n) is 4.21. The first kappa shape index (κ1) is 12.5. The van der Waals surface area contributed by atoms with Gasteiger partial charge < -0.3 is 15.8 Å². The number of nitrogens with two attached hydrogens (primary N) is 1. The minimum Gasteiger partial charge on any atom is -0.378 e. The second-order valence-corrected chi connectivity index (χ2v) is 4.21. The zero-order valence-electron chi connectivity index (χ0n) is 9.50. The van der Waals surface area contributed by atoms with Gasteiger partial charge in [0.1, 0.15) is 0 Å². The molecular weight excluding hydrogens is 192 g/mol. The lowest BCUT2D eigenvalue weighted by Gasteiger charge is -2.14. The number of carbonyl (C=O) groups is 1. The Morgan fingerprint density at radius 3 is 2.87 bits per heavy atom. The van der Waals surface area contributed by atoms with Gasteiger partial charge >= 0.3 is 0 Å². The van der Waals surface area contributed by atoms with E-state index in [-0.39, 0.29) is 11.8 Å². The highest BCUT2D eigenvalue weighted by Crippen LogP contribution is 2.30. The maximum atomic E-state index is 11.7. The Bertz CT molecular complexity index is 197. The molecule has 0 bridgehead atoms. The molecule has 2 atom stereocenters. The predicted molar refractivity (Wildman–Crippen MR) is 59.4 cm³/mol. The second kappa shape index (κ2) is 6.80. The van der Waals surface area contributed by atoms with Crippen LogP contribution in [0.4, 0.5) is 0 Å². The van der Waals surface area contributed by atoms with Gasteiger partial charge in [-0.1, -0.05) is 13.3 Å². The van der Waals surface area contributed by atoms with Crippen molar-refractivity contribution in [3.8, 4) is 0 Å². The fraction of sp³-hybridized carbons (Fsp3) is 0.909. The van der Waals surface area contributed by atoms with Crippen LogP contribution in [0.5, 0.6) is 0 Å². The fourth-order valence-electron chi connectivity index (χ4n) is 2.10. The first-order chi connectivity index (χ1) is 7.25. The fourth-order valence-corrected chi connectivity index (χ4v) is 2.10. The van der Waals surface area contributed by atoms with Crippen molar-refractivity contribution < 1.29 is 9.53 Å². The number of amides is 1. The Morgan fingerprint density at radius 2 is 2.27 bits per heavy atom. The Morgan fingerprint density at radius 1 is 1.47 bits per heavy atom. The highest BCUT2D eigenvalue weighted by molar-refractivity contribution is 5.79. The SMILES string of the molecule is CC1CCCC1C(=O)NCCOCCN. The van der Waals surface area contributed by atoms with Gasteiger partial charge in [0.05, 0.1) is 13.2 Å². The highest BCUT2D eigenvalue weighted by atomic mass is 16.5. The quantitative estimate of drug-likeness (QED) is 0.633. The molecule has 1 aliphatic carbocycles. The zero-order valence-corrected chi connectivity index (χ0v) is 9.50. The molecule has 0 aromatic carbocycles. The van der Waals surface area contributed by atoms with E-state index < -0.39 is 0 Å². The van der Waals surface area contributed by atoms with Gasteiger partial charge in [0.25, 0.3) is 0 Å². The topological polar surface area (TPSA) is 64.3 Å². The number of hydrogen-bond donors (Lipinski definition) is 2. The lowest BCUT2D eigenvalue weighted by Crippen LogP contribution is -2.34. The Balaban J connectivity index is 2.08. The van der Waals surface area contributed by atoms with E-state index in [1.54, 1.807) is 0 Å². The van der Waals surface area contributed by atoms with E-state index >= 15 is 0 Å². The van der Waals surface area contributed by atoms with Crippen LogP contribution in [-0.4, -0.2) is 32.2 Å². The molecule has 2 unspecified atom stereocenters. The van der Waals surface area contributed by atoms with Crippen LogP contribution in [0.2, 0.25) is 0 Å². The molecule has 0 aliphatic heterocycles. The molecule has 1 rings (SSSR count). The molecule has 15 heavy (non-hydrogen) atoms. The summed E-state index contributed by atoms with van der Waals surface area (Å²) in [6, 6.07) is 0. The van der Waals surface area contributed by atoms with Crippen LogP contribution in [0.1, 0.15) is 26.2 Å². The lowest BCUT2D eigenvalue weighted by molar-refractivity contribution is -0.126. The molecule has 0 saturated heterocycles. The van der Waals surface area contributed by atoms with Crippen LogP contribution >= 0.6 is 0 Å². The molecule has 88 valence electrons. The van der Waals surface area contributed by atoms with Crippen molar-refractivity contribution in [1.29, 1.82) is 0 Å². The molecular formula is C11H22N2O2. The third-order valence-corrected chi connectivity index (χ3v) is 3.01. The third-order valence-electron chi connectivity index (χ3n) is 3.01. The molecule has 0 aromatic rings. The summed E-state index contributed by atoms with van der Waals surface area (Å²) in [7, 11) is 0. The van der Waals surface area contributed by atoms with E-state index in [4.69, 9.17) is 10.5 Å². The lowest BCUT2D eigenvalue weighted by atomic mass is 9.97. The average molecular weight is 214 g/mol. The van der Waals surface area contributed by atoms with E-state index in [0.29, 0.717) is 32.2 Å². The van der Waals surface area contributed by atoms with Gasteiger partial charge in [-0.25, -0.2) is 0 Å². The summed E-state index contributed by atoms with van der Waals surface area (Å²) < 4.78 is 5.18. The summed E-state index contributed by atoms with van der Waals surface area (Å²) in [5.74, 6) is 0.950. The molecule has 4 heteroatoms. The monoisotopic (exact) mass is 214 g/mol. The van der Waals surface area contributed by atoms with Gasteiger partial charge in [0, 0.05) is 19.0 Å². The zero-order chi connectivity index (χ0) is 11.1. The van der Waals surface area contributed by atoms with Crippen LogP contribution in [0.15, 0.2) is 0 Å². The van der Waals surface area contributed by atoms with Crippen molar-refractivity contribution in [3.05, 3.63) is 0 Å². The number of rotatable bonds is 6. The maximum absolute atomic E-state index is 11.7. The number of ether oxygens (including phenoxy) is 1. The van der Waals surface area contributed by atoms with Gasteiger partial charge in [0.15, 0.2) is 0 Å². The van der Waals surface area contributed by atoms with Gasteiger partial charge in [-0.2, -0.15) is 0 Å². The maximum Gasteiger partial charge on any atom is 0.223 e. The predicted octanol–water partition coefficient (Wildman–Crippen LogP) is 0.514. The van der Waals surface area contributed by atoms with Gasteiger partial charge in [-0.05, 0) is 18.8 Å².